The molecule has 10 heteroatoms. The molecule has 2 aromatic carbocycles. The zero-order valence-corrected chi connectivity index (χ0v) is 16.8. The van der Waals surface area contributed by atoms with Crippen molar-refractivity contribution in [3.8, 4) is 22.8 Å². The van der Waals surface area contributed by atoms with E-state index in [0.717, 1.165) is 0 Å². The largest absolute Gasteiger partial charge is 0.478 e. The Morgan fingerprint density at radius 1 is 1.12 bits per heavy atom. The van der Waals surface area contributed by atoms with Gasteiger partial charge < -0.3 is 15.6 Å². The van der Waals surface area contributed by atoms with Gasteiger partial charge >= 0.3 is 5.97 Å². The molecule has 9 nitrogen and oxygen atoms in total. The minimum absolute atomic E-state index is 0.0122. The lowest BCUT2D eigenvalue weighted by Gasteiger charge is -2.11. The number of halogens is 1. The van der Waals surface area contributed by atoms with Crippen LogP contribution in [0.4, 0.5) is 10.2 Å². The number of carbonyl (C=O) groups is 2. The van der Waals surface area contributed by atoms with E-state index in [1.165, 1.54) is 47.1 Å². The molecule has 0 atom stereocenters. The molecule has 3 heterocycles. The summed E-state index contributed by atoms with van der Waals surface area (Å²) < 4.78 is 20.7. The van der Waals surface area contributed by atoms with Crippen LogP contribution in [0.5, 0.6) is 11.6 Å². The first-order valence-corrected chi connectivity index (χ1v) is 9.64. The summed E-state index contributed by atoms with van der Waals surface area (Å²) in [5, 5.41) is 13.9. The second-order valence-electron chi connectivity index (χ2n) is 7.12. The van der Waals surface area contributed by atoms with Gasteiger partial charge in [-0.3, -0.25) is 9.78 Å². The highest BCUT2D eigenvalue weighted by atomic mass is 19.1. The lowest BCUT2D eigenvalue weighted by Crippen LogP contribution is -2.07. The summed E-state index contributed by atoms with van der Waals surface area (Å²) in [6.45, 7) is 0. The number of fused-ring (bicyclic) bond motifs is 2. The molecular weight excluding hydrogens is 429 g/mol. The minimum atomic E-state index is -1.08. The molecule has 33 heavy (non-hydrogen) atoms. The van der Waals surface area contributed by atoms with Crippen molar-refractivity contribution in [2.24, 2.45) is 0 Å². The van der Waals surface area contributed by atoms with E-state index in [2.05, 4.69) is 15.1 Å². The highest BCUT2D eigenvalue weighted by Gasteiger charge is 2.19. The number of nitrogen functional groups attached to an aromatic ring is 1. The van der Waals surface area contributed by atoms with Gasteiger partial charge in [-0.25, -0.2) is 9.18 Å². The Morgan fingerprint density at radius 3 is 2.64 bits per heavy atom. The fraction of sp³-hybridized carbons (Fsp3) is 0. The smallest absolute Gasteiger partial charge is 0.335 e. The number of nitrogens with two attached hydrogens (primary N) is 1. The Labute approximate surface area is 184 Å². The van der Waals surface area contributed by atoms with Crippen LogP contribution in [0.15, 0.2) is 60.9 Å². The average Bonchev–Trinajstić information content (AvgIpc) is 3.23. The van der Waals surface area contributed by atoms with Gasteiger partial charge in [0.15, 0.2) is 11.9 Å². The van der Waals surface area contributed by atoms with Gasteiger partial charge in [0.25, 0.3) is 0 Å². The van der Waals surface area contributed by atoms with Crippen molar-refractivity contribution in [2.75, 3.05) is 5.73 Å². The number of carboxylic acids is 1. The van der Waals surface area contributed by atoms with Crippen molar-refractivity contribution in [3.63, 3.8) is 0 Å². The maximum absolute atomic E-state index is 13.7. The molecule has 5 rings (SSSR count). The van der Waals surface area contributed by atoms with Gasteiger partial charge in [0, 0.05) is 22.7 Å². The number of nitrogens with zero attached hydrogens (tertiary/aromatic N) is 4. The number of anilines is 1. The van der Waals surface area contributed by atoms with E-state index in [9.17, 15) is 14.0 Å². The van der Waals surface area contributed by atoms with Crippen LogP contribution >= 0.6 is 0 Å². The summed E-state index contributed by atoms with van der Waals surface area (Å²) in [7, 11) is 0. The van der Waals surface area contributed by atoms with Crippen LogP contribution in [0, 0.1) is 5.82 Å². The first-order chi connectivity index (χ1) is 15.9. The summed E-state index contributed by atoms with van der Waals surface area (Å²) in [5.41, 5.74) is 8.31. The SMILES string of the molecule is Nc1c(C=O)c(Oc2ccc(C(=O)O)cc2)nc2c(-c3cnc4ccc(F)cc4c3)cnn12. The summed E-state index contributed by atoms with van der Waals surface area (Å²) >= 11 is 0. The van der Waals surface area contributed by atoms with Crippen LogP contribution in [-0.2, 0) is 0 Å². The summed E-state index contributed by atoms with van der Waals surface area (Å²) in [6, 6.07) is 11.7. The lowest BCUT2D eigenvalue weighted by atomic mass is 10.1. The fourth-order valence-electron chi connectivity index (χ4n) is 3.43. The highest BCUT2D eigenvalue weighted by molar-refractivity contribution is 5.90. The number of rotatable bonds is 5. The Kier molecular flexibility index (Phi) is 4.67. The van der Waals surface area contributed by atoms with Crippen molar-refractivity contribution in [3.05, 3.63) is 77.9 Å². The molecule has 0 amide bonds. The average molecular weight is 443 g/mol. The lowest BCUT2D eigenvalue weighted by molar-refractivity contribution is 0.0696. The standard InChI is InChI=1S/C23H14FN5O4/c24-15-3-6-19-13(8-15)7-14(9-26-19)17-10-27-29-20(25)18(11-30)22(28-21(17)29)33-16-4-1-12(2-5-16)23(31)32/h1-11H,25H2,(H,31,32). The topological polar surface area (TPSA) is 133 Å². The molecule has 5 aromatic rings. The molecule has 162 valence electrons. The molecule has 0 aliphatic heterocycles. The second-order valence-corrected chi connectivity index (χ2v) is 7.12. The first-order valence-electron chi connectivity index (χ1n) is 9.64. The molecule has 0 saturated carbocycles. The molecule has 3 N–H and O–H groups in total. The Morgan fingerprint density at radius 2 is 1.91 bits per heavy atom. The number of hydrogen-bond donors (Lipinski definition) is 2. The molecule has 0 fully saturated rings. The predicted octanol–water partition coefficient (Wildman–Crippen LogP) is 3.97. The van der Waals surface area contributed by atoms with Crippen molar-refractivity contribution in [1.29, 1.82) is 0 Å². The third-order valence-electron chi connectivity index (χ3n) is 5.07. The van der Waals surface area contributed by atoms with Crippen molar-refractivity contribution in [1.82, 2.24) is 19.6 Å². The molecule has 0 bridgehead atoms. The highest BCUT2D eigenvalue weighted by Crippen LogP contribution is 2.32. The minimum Gasteiger partial charge on any atom is -0.478 e. The van der Waals surface area contributed by atoms with E-state index < -0.39 is 5.97 Å². The number of hydrogen-bond acceptors (Lipinski definition) is 7. The normalized spacial score (nSPS) is 11.1. The zero-order chi connectivity index (χ0) is 23.1. The van der Waals surface area contributed by atoms with Gasteiger partial charge in [0.05, 0.1) is 17.3 Å². The van der Waals surface area contributed by atoms with E-state index in [0.29, 0.717) is 34.0 Å². The molecule has 3 aromatic heterocycles. The fourth-order valence-corrected chi connectivity index (χ4v) is 3.43. The summed E-state index contributed by atoms with van der Waals surface area (Å²) in [4.78, 5) is 31.6. The van der Waals surface area contributed by atoms with E-state index in [1.807, 2.05) is 0 Å². The van der Waals surface area contributed by atoms with E-state index >= 15 is 0 Å². The van der Waals surface area contributed by atoms with Crippen molar-refractivity contribution >= 4 is 34.6 Å². The third kappa shape index (κ3) is 3.49. The van der Waals surface area contributed by atoms with Crippen LogP contribution in [0.1, 0.15) is 20.7 Å². The number of aromatic nitrogens is 4. The van der Waals surface area contributed by atoms with Gasteiger partial charge in [-0.2, -0.15) is 14.6 Å². The number of ether oxygens (including phenoxy) is 1. The van der Waals surface area contributed by atoms with Crippen molar-refractivity contribution in [2.45, 2.75) is 0 Å². The molecule has 0 aliphatic carbocycles. The van der Waals surface area contributed by atoms with Gasteiger partial charge in [-0.15, -0.1) is 0 Å². The number of carboxylic acid groups (broad SMARTS) is 1. The summed E-state index contributed by atoms with van der Waals surface area (Å²) in [5.74, 6) is -1.25. The maximum atomic E-state index is 13.7. The van der Waals surface area contributed by atoms with Gasteiger partial charge in [-0.1, -0.05) is 0 Å². The molecule has 0 spiro atoms. The zero-order valence-electron chi connectivity index (χ0n) is 16.8. The van der Waals surface area contributed by atoms with Crippen LogP contribution in [0.25, 0.3) is 27.7 Å². The Balaban J connectivity index is 1.63. The van der Waals surface area contributed by atoms with E-state index in [4.69, 9.17) is 15.6 Å². The molecular formula is C23H14FN5O4. The number of aromatic carboxylic acids is 1. The molecule has 0 unspecified atom stereocenters. The molecule has 0 aliphatic rings. The predicted molar refractivity (Wildman–Crippen MR) is 117 cm³/mol. The molecule has 0 saturated heterocycles. The van der Waals surface area contributed by atoms with Crippen LogP contribution < -0.4 is 10.5 Å². The molecule has 0 radical (unpaired) electrons. The number of aldehydes is 1. The first kappa shape index (κ1) is 20.1. The van der Waals surface area contributed by atoms with Gasteiger partial charge in [-0.05, 0) is 48.5 Å². The Bertz CT molecular complexity index is 1560. The van der Waals surface area contributed by atoms with Gasteiger partial charge in [0.1, 0.15) is 22.9 Å². The van der Waals surface area contributed by atoms with Gasteiger partial charge in [0.2, 0.25) is 5.88 Å². The third-order valence-corrected chi connectivity index (χ3v) is 5.07. The quantitative estimate of drug-likeness (QED) is 0.390. The van der Waals surface area contributed by atoms with E-state index in [-0.39, 0.29) is 34.4 Å². The second kappa shape index (κ2) is 7.68. The van der Waals surface area contributed by atoms with E-state index in [1.54, 1.807) is 18.3 Å². The number of carbonyl (C=O) groups excluding carboxylic acids is 1. The van der Waals surface area contributed by atoms with Crippen molar-refractivity contribution < 1.29 is 23.8 Å². The number of benzene rings is 2. The Hall–Kier alpha value is -4.86. The van der Waals surface area contributed by atoms with Crippen LogP contribution in [-0.4, -0.2) is 36.9 Å². The van der Waals surface area contributed by atoms with Crippen LogP contribution in [0.2, 0.25) is 0 Å². The van der Waals surface area contributed by atoms with Crippen LogP contribution in [0.3, 0.4) is 0 Å². The monoisotopic (exact) mass is 443 g/mol. The summed E-state index contributed by atoms with van der Waals surface area (Å²) in [6.07, 6.45) is 3.62. The maximum Gasteiger partial charge on any atom is 0.335 e. The number of pyridine rings is 1.